The van der Waals surface area contributed by atoms with E-state index in [2.05, 4.69) is 41.5 Å². The van der Waals surface area contributed by atoms with Crippen LogP contribution in [0.1, 0.15) is 89.5 Å². The van der Waals surface area contributed by atoms with Gasteiger partial charge in [0.05, 0.1) is 0 Å². The van der Waals surface area contributed by atoms with Crippen LogP contribution in [0.25, 0.3) is 10.9 Å². The molecule has 2 rings (SSSR count). The first kappa shape index (κ1) is 27.4. The molecule has 0 aliphatic heterocycles. The van der Waals surface area contributed by atoms with Crippen molar-refractivity contribution in [3.05, 3.63) is 60.3 Å². The zero-order valence-corrected chi connectivity index (χ0v) is 20.7. The second kappa shape index (κ2) is 16.7. The molecule has 1 amide bonds. The number of rotatable bonds is 18. The average molecular weight is 467 g/mol. The molecule has 3 N–H and O–H groups in total. The standard InChI is InChI=1S/C29H42N2O3/c1-2-3-4-5-6-7-8-9-10-11-12-13-14-15-16-21-28(32)31-27(29(33)34)22-24-23-30-26-20-18-17-19-25(24)26/h6-7,9-10,17-20,23,27,30H,2-5,8,11-16,21-22H2,1H3,(H,31,32)(H,33,34)/b7-6+,10-9+/t27-/m0/s1. The molecule has 186 valence electrons. The van der Waals surface area contributed by atoms with E-state index in [1.807, 2.05) is 30.5 Å². The second-order valence-corrected chi connectivity index (χ2v) is 9.00. The molecule has 5 heteroatoms. The molecule has 0 saturated heterocycles. The smallest absolute Gasteiger partial charge is 0.326 e. The Hall–Kier alpha value is -2.82. The van der Waals surface area contributed by atoms with Gasteiger partial charge < -0.3 is 15.4 Å². The van der Waals surface area contributed by atoms with Gasteiger partial charge in [-0.3, -0.25) is 4.79 Å². The number of hydrogen-bond acceptors (Lipinski definition) is 2. The number of carboxylic acids is 1. The average Bonchev–Trinajstić information content (AvgIpc) is 3.24. The Morgan fingerprint density at radius 3 is 2.35 bits per heavy atom. The Balaban J connectivity index is 1.54. The van der Waals surface area contributed by atoms with Crippen molar-refractivity contribution < 1.29 is 14.7 Å². The highest BCUT2D eigenvalue weighted by atomic mass is 16.4. The maximum absolute atomic E-state index is 12.3. The molecule has 0 unspecified atom stereocenters. The monoisotopic (exact) mass is 466 g/mol. The number of allylic oxidation sites excluding steroid dienone is 4. The van der Waals surface area contributed by atoms with E-state index in [0.717, 1.165) is 55.0 Å². The summed E-state index contributed by atoms with van der Waals surface area (Å²) < 4.78 is 0. The first-order chi connectivity index (χ1) is 16.6. The number of aromatic amines is 1. The van der Waals surface area contributed by atoms with Crippen LogP contribution < -0.4 is 5.32 Å². The SMILES string of the molecule is CCCCC/C=C/C/C=C/CCCCCCCC(=O)N[C@@H](Cc1c[nH]c2ccccc12)C(=O)O. The van der Waals surface area contributed by atoms with E-state index >= 15 is 0 Å². The van der Waals surface area contributed by atoms with Crippen LogP contribution in [0.3, 0.4) is 0 Å². The molecule has 0 aliphatic carbocycles. The second-order valence-electron chi connectivity index (χ2n) is 9.00. The normalized spacial score (nSPS) is 12.6. The molecule has 1 aromatic carbocycles. The number of unbranched alkanes of at least 4 members (excludes halogenated alkanes) is 8. The van der Waals surface area contributed by atoms with Gasteiger partial charge in [0.2, 0.25) is 5.91 Å². The maximum Gasteiger partial charge on any atom is 0.326 e. The molecule has 34 heavy (non-hydrogen) atoms. The van der Waals surface area contributed by atoms with Crippen molar-refractivity contribution in [1.29, 1.82) is 0 Å². The van der Waals surface area contributed by atoms with Gasteiger partial charge in [0.15, 0.2) is 0 Å². The lowest BCUT2D eigenvalue weighted by atomic mass is 10.0. The summed E-state index contributed by atoms with van der Waals surface area (Å²) in [6.07, 6.45) is 24.0. The molecule has 5 nitrogen and oxygen atoms in total. The van der Waals surface area contributed by atoms with Crippen LogP contribution in [-0.4, -0.2) is 28.0 Å². The number of carbonyl (C=O) groups excluding carboxylic acids is 1. The number of amides is 1. The van der Waals surface area contributed by atoms with Crippen molar-refractivity contribution in [3.63, 3.8) is 0 Å². The third-order valence-electron chi connectivity index (χ3n) is 6.09. The number of carboxylic acid groups (broad SMARTS) is 1. The van der Waals surface area contributed by atoms with Crippen molar-refractivity contribution in [1.82, 2.24) is 10.3 Å². The highest BCUT2D eigenvalue weighted by Crippen LogP contribution is 2.19. The topological polar surface area (TPSA) is 82.2 Å². The molecule has 1 atom stereocenters. The lowest BCUT2D eigenvalue weighted by Gasteiger charge is -2.14. The lowest BCUT2D eigenvalue weighted by molar-refractivity contribution is -0.141. The highest BCUT2D eigenvalue weighted by Gasteiger charge is 2.21. The molecule has 2 aromatic rings. The Morgan fingerprint density at radius 1 is 0.941 bits per heavy atom. The molecular formula is C29H42N2O3. The number of aromatic nitrogens is 1. The van der Waals surface area contributed by atoms with Crippen LogP contribution in [0.4, 0.5) is 0 Å². The van der Waals surface area contributed by atoms with Gasteiger partial charge >= 0.3 is 5.97 Å². The van der Waals surface area contributed by atoms with E-state index in [1.165, 1.54) is 32.1 Å². The fourth-order valence-corrected chi connectivity index (χ4v) is 4.08. The summed E-state index contributed by atoms with van der Waals surface area (Å²) in [4.78, 5) is 27.1. The van der Waals surface area contributed by atoms with Crippen LogP contribution in [-0.2, 0) is 16.0 Å². The molecule has 0 radical (unpaired) electrons. The van der Waals surface area contributed by atoms with Gasteiger partial charge in [0.25, 0.3) is 0 Å². The van der Waals surface area contributed by atoms with Gasteiger partial charge in [-0.05, 0) is 50.2 Å². The van der Waals surface area contributed by atoms with Gasteiger partial charge in [0.1, 0.15) is 6.04 Å². The van der Waals surface area contributed by atoms with Gasteiger partial charge in [-0.1, -0.05) is 81.5 Å². The number of para-hydroxylation sites is 1. The van der Waals surface area contributed by atoms with Crippen molar-refractivity contribution in [2.24, 2.45) is 0 Å². The third kappa shape index (κ3) is 10.9. The number of hydrogen-bond donors (Lipinski definition) is 3. The molecule has 1 heterocycles. The van der Waals surface area contributed by atoms with Gasteiger partial charge in [-0.15, -0.1) is 0 Å². The Kier molecular flexibility index (Phi) is 13.5. The van der Waals surface area contributed by atoms with Crippen LogP contribution in [0.5, 0.6) is 0 Å². The zero-order chi connectivity index (χ0) is 24.4. The Morgan fingerprint density at radius 2 is 1.62 bits per heavy atom. The predicted molar refractivity (Wildman–Crippen MR) is 141 cm³/mol. The fraction of sp³-hybridized carbons (Fsp3) is 0.517. The minimum Gasteiger partial charge on any atom is -0.480 e. The van der Waals surface area contributed by atoms with E-state index < -0.39 is 12.0 Å². The predicted octanol–water partition coefficient (Wildman–Crippen LogP) is 7.09. The van der Waals surface area contributed by atoms with Gasteiger partial charge in [-0.2, -0.15) is 0 Å². The molecule has 0 bridgehead atoms. The molecule has 0 fully saturated rings. The summed E-state index contributed by atoms with van der Waals surface area (Å²) in [7, 11) is 0. The highest BCUT2D eigenvalue weighted by molar-refractivity contribution is 5.86. The largest absolute Gasteiger partial charge is 0.480 e. The molecule has 0 saturated carbocycles. The lowest BCUT2D eigenvalue weighted by Crippen LogP contribution is -2.42. The van der Waals surface area contributed by atoms with Crippen LogP contribution in [0.2, 0.25) is 0 Å². The van der Waals surface area contributed by atoms with E-state index in [-0.39, 0.29) is 12.3 Å². The summed E-state index contributed by atoms with van der Waals surface area (Å²) in [5.74, 6) is -1.18. The van der Waals surface area contributed by atoms with E-state index in [0.29, 0.717) is 6.42 Å². The fourth-order valence-electron chi connectivity index (χ4n) is 4.08. The zero-order valence-electron chi connectivity index (χ0n) is 20.7. The van der Waals surface area contributed by atoms with Crippen LogP contribution in [0.15, 0.2) is 54.8 Å². The van der Waals surface area contributed by atoms with Crippen molar-refractivity contribution in [2.45, 2.75) is 96.4 Å². The maximum atomic E-state index is 12.3. The van der Waals surface area contributed by atoms with Crippen molar-refractivity contribution in [3.8, 4) is 0 Å². The Bertz CT molecular complexity index is 913. The summed E-state index contributed by atoms with van der Waals surface area (Å²) in [6, 6.07) is 6.87. The number of H-pyrrole nitrogens is 1. The molecule has 0 aliphatic rings. The molecule has 1 aromatic heterocycles. The summed E-state index contributed by atoms with van der Waals surface area (Å²) in [6.45, 7) is 2.23. The minimum absolute atomic E-state index is 0.182. The van der Waals surface area contributed by atoms with Crippen molar-refractivity contribution in [2.75, 3.05) is 0 Å². The van der Waals surface area contributed by atoms with E-state index in [1.54, 1.807) is 0 Å². The molecular weight excluding hydrogens is 424 g/mol. The molecule has 0 spiro atoms. The number of fused-ring (bicyclic) bond motifs is 1. The quantitative estimate of drug-likeness (QED) is 0.162. The van der Waals surface area contributed by atoms with Crippen molar-refractivity contribution >= 4 is 22.8 Å². The minimum atomic E-state index is -1.00. The summed E-state index contributed by atoms with van der Waals surface area (Å²) in [5.41, 5.74) is 1.87. The van der Waals surface area contributed by atoms with Gasteiger partial charge in [-0.25, -0.2) is 4.79 Å². The van der Waals surface area contributed by atoms with Gasteiger partial charge in [0, 0.05) is 29.9 Å². The number of carbonyl (C=O) groups is 2. The first-order valence-electron chi connectivity index (χ1n) is 13.0. The van der Waals surface area contributed by atoms with E-state index in [9.17, 15) is 14.7 Å². The third-order valence-corrected chi connectivity index (χ3v) is 6.09. The summed E-state index contributed by atoms with van der Waals surface area (Å²) >= 11 is 0. The number of nitrogens with one attached hydrogen (secondary N) is 2. The number of aliphatic carboxylic acids is 1. The number of benzene rings is 1. The van der Waals surface area contributed by atoms with Crippen LogP contribution in [0, 0.1) is 0 Å². The van der Waals surface area contributed by atoms with E-state index in [4.69, 9.17) is 0 Å². The first-order valence-corrected chi connectivity index (χ1v) is 13.0. The van der Waals surface area contributed by atoms with Crippen LogP contribution >= 0.6 is 0 Å². The Labute approximate surface area is 204 Å². The summed E-state index contributed by atoms with van der Waals surface area (Å²) in [5, 5.41) is 13.3.